The summed E-state index contributed by atoms with van der Waals surface area (Å²) >= 11 is 12.2. The number of carbonyl (C=O) groups is 1. The first-order chi connectivity index (χ1) is 13.7. The van der Waals surface area contributed by atoms with Crippen molar-refractivity contribution in [3.8, 4) is 23.0 Å². The second-order valence-electron chi connectivity index (χ2n) is 6.79. The summed E-state index contributed by atoms with van der Waals surface area (Å²) < 4.78 is 11.9. The van der Waals surface area contributed by atoms with Gasteiger partial charge >= 0.3 is 5.97 Å². The number of halogens is 2. The molecule has 0 fully saturated rings. The second-order valence-corrected chi connectivity index (χ2v) is 7.60. The smallest absolute Gasteiger partial charge is 0.310 e. The molecule has 0 heterocycles. The molecule has 4 nitrogen and oxygen atoms in total. The quantitative estimate of drug-likeness (QED) is 0.442. The zero-order chi connectivity index (χ0) is 21.1. The lowest BCUT2D eigenvalue weighted by atomic mass is 10.00. The third-order valence-corrected chi connectivity index (χ3v) is 5.36. The highest BCUT2D eigenvalue weighted by Gasteiger charge is 2.20. The molecule has 0 saturated carbocycles. The van der Waals surface area contributed by atoms with Crippen LogP contribution in [0.15, 0.2) is 54.6 Å². The summed E-state index contributed by atoms with van der Waals surface area (Å²) in [5.41, 5.74) is 2.30. The van der Waals surface area contributed by atoms with Crippen LogP contribution in [0.2, 0.25) is 10.0 Å². The normalized spacial score (nSPS) is 11.8. The van der Waals surface area contributed by atoms with Crippen molar-refractivity contribution in [3.63, 3.8) is 0 Å². The lowest BCUT2D eigenvalue weighted by Gasteiger charge is -2.17. The Hall–Kier alpha value is -2.69. The van der Waals surface area contributed by atoms with Gasteiger partial charge in [0, 0.05) is 21.7 Å². The second kappa shape index (κ2) is 8.76. The molecule has 0 spiro atoms. The minimum Gasteiger partial charge on any atom is -0.481 e. The molecule has 1 unspecified atom stereocenters. The van der Waals surface area contributed by atoms with Crippen LogP contribution in [0.5, 0.6) is 23.0 Å². The zero-order valence-electron chi connectivity index (χ0n) is 16.2. The molecule has 3 rings (SSSR count). The average Bonchev–Trinajstić information content (AvgIpc) is 2.67. The van der Waals surface area contributed by atoms with Crippen molar-refractivity contribution in [2.45, 2.75) is 26.7 Å². The SMILES string of the molecule is Cc1cc(Oc2cc(Oc3ccc(Cl)cc3)ccc2C(C)C(=O)O)cc(C)c1Cl. The first kappa shape index (κ1) is 21.0. The highest BCUT2D eigenvalue weighted by atomic mass is 35.5. The number of carboxylic acid groups (broad SMARTS) is 1. The molecular formula is C23H20Cl2O4. The molecular weight excluding hydrogens is 411 g/mol. The molecule has 3 aromatic rings. The van der Waals surface area contributed by atoms with Crippen molar-refractivity contribution in [1.82, 2.24) is 0 Å². The lowest BCUT2D eigenvalue weighted by Crippen LogP contribution is -2.08. The Balaban J connectivity index is 1.98. The van der Waals surface area contributed by atoms with Crippen LogP contribution in [-0.2, 0) is 4.79 Å². The molecule has 1 atom stereocenters. The topological polar surface area (TPSA) is 55.8 Å². The summed E-state index contributed by atoms with van der Waals surface area (Å²) in [6.07, 6.45) is 0. The number of aryl methyl sites for hydroxylation is 2. The van der Waals surface area contributed by atoms with E-state index in [-0.39, 0.29) is 0 Å². The van der Waals surface area contributed by atoms with Crippen molar-refractivity contribution >= 4 is 29.2 Å². The van der Waals surface area contributed by atoms with E-state index in [9.17, 15) is 9.90 Å². The minimum absolute atomic E-state index is 0.410. The maximum Gasteiger partial charge on any atom is 0.310 e. The number of carboxylic acids is 1. The minimum atomic E-state index is -0.940. The lowest BCUT2D eigenvalue weighted by molar-refractivity contribution is -0.138. The highest BCUT2D eigenvalue weighted by molar-refractivity contribution is 6.32. The van der Waals surface area contributed by atoms with Crippen molar-refractivity contribution in [3.05, 3.63) is 81.3 Å². The first-order valence-electron chi connectivity index (χ1n) is 8.99. The van der Waals surface area contributed by atoms with Crippen LogP contribution in [0, 0.1) is 13.8 Å². The van der Waals surface area contributed by atoms with Gasteiger partial charge in [-0.2, -0.15) is 0 Å². The fourth-order valence-corrected chi connectivity index (χ4v) is 3.12. The summed E-state index contributed by atoms with van der Waals surface area (Å²) in [6.45, 7) is 5.40. The largest absolute Gasteiger partial charge is 0.481 e. The predicted molar refractivity (Wildman–Crippen MR) is 115 cm³/mol. The summed E-state index contributed by atoms with van der Waals surface area (Å²) in [4.78, 5) is 11.5. The van der Waals surface area contributed by atoms with Crippen LogP contribution in [-0.4, -0.2) is 11.1 Å². The fourth-order valence-electron chi connectivity index (χ4n) is 2.89. The first-order valence-corrected chi connectivity index (χ1v) is 9.75. The molecule has 3 aromatic carbocycles. The number of ether oxygens (including phenoxy) is 2. The maximum atomic E-state index is 11.5. The fraction of sp³-hybridized carbons (Fsp3) is 0.174. The van der Waals surface area contributed by atoms with Crippen molar-refractivity contribution in [2.24, 2.45) is 0 Å². The van der Waals surface area contributed by atoms with E-state index in [1.54, 1.807) is 49.4 Å². The standard InChI is InChI=1S/C23H20Cl2O4/c1-13-10-19(11-14(2)22(13)25)29-21-12-18(8-9-20(21)15(3)23(26)27)28-17-6-4-16(24)5-7-17/h4-12,15H,1-3H3,(H,26,27). The number of benzene rings is 3. The molecule has 0 saturated heterocycles. The van der Waals surface area contributed by atoms with Gasteiger partial charge in [-0.3, -0.25) is 4.79 Å². The van der Waals surface area contributed by atoms with Crippen LogP contribution in [0.25, 0.3) is 0 Å². The number of hydrogen-bond acceptors (Lipinski definition) is 3. The molecule has 0 amide bonds. The third-order valence-electron chi connectivity index (χ3n) is 4.51. The van der Waals surface area contributed by atoms with E-state index in [1.807, 2.05) is 26.0 Å². The molecule has 0 radical (unpaired) electrons. The van der Waals surface area contributed by atoms with Gasteiger partial charge < -0.3 is 14.6 Å². The Morgan fingerprint density at radius 3 is 2.03 bits per heavy atom. The molecule has 0 bridgehead atoms. The molecule has 150 valence electrons. The summed E-state index contributed by atoms with van der Waals surface area (Å²) in [5.74, 6) is 0.428. The van der Waals surface area contributed by atoms with Crippen LogP contribution >= 0.6 is 23.2 Å². The van der Waals surface area contributed by atoms with Gasteiger partial charge in [0.05, 0.1) is 5.92 Å². The van der Waals surface area contributed by atoms with Crippen molar-refractivity contribution in [1.29, 1.82) is 0 Å². The van der Waals surface area contributed by atoms with Gasteiger partial charge in [0.2, 0.25) is 0 Å². The molecule has 0 aromatic heterocycles. The van der Waals surface area contributed by atoms with E-state index in [4.69, 9.17) is 32.7 Å². The monoisotopic (exact) mass is 430 g/mol. The van der Waals surface area contributed by atoms with Gasteiger partial charge in [0.25, 0.3) is 0 Å². The Bertz CT molecular complexity index is 1020. The van der Waals surface area contributed by atoms with Gasteiger partial charge in [-0.1, -0.05) is 29.3 Å². The third kappa shape index (κ3) is 5.03. The number of aliphatic carboxylic acids is 1. The van der Waals surface area contributed by atoms with Crippen LogP contribution < -0.4 is 9.47 Å². The molecule has 0 aliphatic heterocycles. The number of hydrogen-bond donors (Lipinski definition) is 1. The van der Waals surface area contributed by atoms with E-state index >= 15 is 0 Å². The zero-order valence-corrected chi connectivity index (χ0v) is 17.7. The molecule has 0 aliphatic rings. The molecule has 29 heavy (non-hydrogen) atoms. The Morgan fingerprint density at radius 2 is 1.45 bits per heavy atom. The summed E-state index contributed by atoms with van der Waals surface area (Å²) in [5, 5.41) is 10.8. The average molecular weight is 431 g/mol. The van der Waals surface area contributed by atoms with E-state index in [1.165, 1.54) is 0 Å². The van der Waals surface area contributed by atoms with Crippen molar-refractivity contribution < 1.29 is 19.4 Å². The highest BCUT2D eigenvalue weighted by Crippen LogP contribution is 2.37. The Labute approximate surface area is 179 Å². The van der Waals surface area contributed by atoms with E-state index in [0.29, 0.717) is 38.6 Å². The maximum absolute atomic E-state index is 11.5. The molecule has 1 N–H and O–H groups in total. The van der Waals surface area contributed by atoms with Gasteiger partial charge in [0.15, 0.2) is 0 Å². The predicted octanol–water partition coefficient (Wildman–Crippen LogP) is 7.38. The van der Waals surface area contributed by atoms with Gasteiger partial charge in [-0.25, -0.2) is 0 Å². The van der Waals surface area contributed by atoms with Gasteiger partial charge in [-0.05, 0) is 74.4 Å². The summed E-state index contributed by atoms with van der Waals surface area (Å²) in [6, 6.07) is 15.7. The van der Waals surface area contributed by atoms with Crippen LogP contribution in [0.1, 0.15) is 29.5 Å². The Morgan fingerprint density at radius 1 is 0.862 bits per heavy atom. The van der Waals surface area contributed by atoms with E-state index < -0.39 is 11.9 Å². The van der Waals surface area contributed by atoms with Gasteiger partial charge in [-0.15, -0.1) is 0 Å². The van der Waals surface area contributed by atoms with Crippen molar-refractivity contribution in [2.75, 3.05) is 0 Å². The summed E-state index contributed by atoms with van der Waals surface area (Å²) in [7, 11) is 0. The molecule has 6 heteroatoms. The van der Waals surface area contributed by atoms with Crippen LogP contribution in [0.3, 0.4) is 0 Å². The number of rotatable bonds is 6. The molecule has 0 aliphatic carbocycles. The van der Waals surface area contributed by atoms with Crippen LogP contribution in [0.4, 0.5) is 0 Å². The van der Waals surface area contributed by atoms with E-state index in [2.05, 4.69) is 0 Å². The van der Waals surface area contributed by atoms with E-state index in [0.717, 1.165) is 11.1 Å². The Kier molecular flexibility index (Phi) is 6.36. The van der Waals surface area contributed by atoms with Gasteiger partial charge in [0.1, 0.15) is 23.0 Å².